The first-order valence-electron chi connectivity index (χ1n) is 12.5. The molecule has 1 aliphatic rings. The molecule has 1 aliphatic carbocycles. The van der Waals surface area contributed by atoms with Gasteiger partial charge in [0.1, 0.15) is 5.00 Å². The Bertz CT molecular complexity index is 1240. The number of nitrogens with zero attached hydrogens (tertiary/aromatic N) is 3. The molecule has 2 N–H and O–H groups in total. The minimum Gasteiger partial charge on any atom is -0.462 e. The van der Waals surface area contributed by atoms with Gasteiger partial charge in [-0.25, -0.2) is 4.79 Å². The van der Waals surface area contributed by atoms with E-state index in [1.54, 1.807) is 13.0 Å². The third-order valence-electron chi connectivity index (χ3n) is 5.92. The number of ether oxygens (including phenoxy) is 1. The van der Waals surface area contributed by atoms with E-state index in [9.17, 15) is 14.4 Å². The Hall–Kier alpha value is -2.70. The molecule has 0 saturated heterocycles. The fraction of sp³-hybridized carbons (Fsp3) is 0.480. The molecule has 9 nitrogen and oxygen atoms in total. The smallest absolute Gasteiger partial charge is 0.341 e. The van der Waals surface area contributed by atoms with E-state index in [2.05, 4.69) is 27.8 Å². The molecular weight excluding hydrogens is 531 g/mol. The van der Waals surface area contributed by atoms with Gasteiger partial charge in [-0.1, -0.05) is 31.2 Å². The fourth-order valence-electron chi connectivity index (χ4n) is 4.12. The molecule has 3 heterocycles. The van der Waals surface area contributed by atoms with E-state index in [4.69, 9.17) is 4.74 Å². The van der Waals surface area contributed by atoms with Crippen molar-refractivity contribution in [2.24, 2.45) is 0 Å². The molecule has 0 fully saturated rings. The number of aromatic nitrogens is 3. The lowest BCUT2D eigenvalue weighted by Crippen LogP contribution is -2.24. The summed E-state index contributed by atoms with van der Waals surface area (Å²) in [6.07, 6.45) is 5.78. The van der Waals surface area contributed by atoms with Crippen molar-refractivity contribution in [3.05, 3.63) is 44.2 Å². The summed E-state index contributed by atoms with van der Waals surface area (Å²) in [6, 6.07) is 3.61. The quantitative estimate of drug-likeness (QED) is 0.238. The van der Waals surface area contributed by atoms with Gasteiger partial charge in [-0.3, -0.25) is 9.59 Å². The van der Waals surface area contributed by atoms with Crippen LogP contribution in [0.5, 0.6) is 0 Å². The molecule has 4 rings (SSSR count). The van der Waals surface area contributed by atoms with Gasteiger partial charge in [0.15, 0.2) is 11.0 Å². The predicted molar refractivity (Wildman–Crippen MR) is 147 cm³/mol. The Morgan fingerprint density at radius 1 is 1.19 bits per heavy atom. The Morgan fingerprint density at radius 3 is 2.78 bits per heavy atom. The van der Waals surface area contributed by atoms with E-state index < -0.39 is 0 Å². The second-order valence-corrected chi connectivity index (χ2v) is 11.5. The van der Waals surface area contributed by atoms with Crippen LogP contribution in [0.15, 0.2) is 22.7 Å². The third kappa shape index (κ3) is 6.79. The predicted octanol–water partition coefficient (Wildman–Crippen LogP) is 4.92. The number of esters is 1. The molecule has 0 aliphatic heterocycles. The maximum absolute atomic E-state index is 12.9. The molecule has 12 heteroatoms. The zero-order valence-electron chi connectivity index (χ0n) is 21.0. The van der Waals surface area contributed by atoms with Crippen molar-refractivity contribution in [3.63, 3.8) is 0 Å². The zero-order valence-corrected chi connectivity index (χ0v) is 23.5. The molecule has 0 radical (unpaired) electrons. The number of hydrogen-bond donors (Lipinski definition) is 2. The molecule has 0 spiro atoms. The van der Waals surface area contributed by atoms with Crippen LogP contribution < -0.4 is 10.6 Å². The van der Waals surface area contributed by atoms with Crippen molar-refractivity contribution >= 4 is 57.2 Å². The summed E-state index contributed by atoms with van der Waals surface area (Å²) in [5, 5.41) is 17.5. The topological polar surface area (TPSA) is 115 Å². The average Bonchev–Trinajstić information content (AvgIpc) is 3.63. The summed E-state index contributed by atoms with van der Waals surface area (Å²) in [5.41, 5.74) is 1.53. The molecule has 198 valence electrons. The number of thiophene rings is 2. The summed E-state index contributed by atoms with van der Waals surface area (Å²) in [6.45, 7) is 5.12. The van der Waals surface area contributed by atoms with Gasteiger partial charge in [-0.2, -0.15) is 0 Å². The van der Waals surface area contributed by atoms with Crippen LogP contribution in [-0.2, 0) is 35.5 Å². The molecule has 2 amide bonds. The first kappa shape index (κ1) is 27.3. The van der Waals surface area contributed by atoms with Crippen LogP contribution in [0.2, 0.25) is 0 Å². The zero-order chi connectivity index (χ0) is 26.2. The van der Waals surface area contributed by atoms with Crippen molar-refractivity contribution in [1.29, 1.82) is 0 Å². The summed E-state index contributed by atoms with van der Waals surface area (Å²) < 4.78 is 7.25. The maximum atomic E-state index is 12.9. The van der Waals surface area contributed by atoms with Crippen LogP contribution in [0.1, 0.15) is 75.8 Å². The number of amides is 2. The molecule has 37 heavy (non-hydrogen) atoms. The van der Waals surface area contributed by atoms with E-state index in [-0.39, 0.29) is 36.7 Å². The number of aryl methyl sites for hydroxylation is 1. The van der Waals surface area contributed by atoms with E-state index in [1.165, 1.54) is 34.4 Å². The van der Waals surface area contributed by atoms with Gasteiger partial charge in [-0.15, -0.1) is 32.9 Å². The Labute approximate surface area is 228 Å². The number of anilines is 1. The van der Waals surface area contributed by atoms with Crippen LogP contribution in [0.4, 0.5) is 5.00 Å². The number of rotatable bonds is 12. The first-order chi connectivity index (χ1) is 18.0. The Kier molecular flexibility index (Phi) is 9.75. The average molecular weight is 562 g/mol. The lowest BCUT2D eigenvalue weighted by atomic mass is 9.95. The highest BCUT2D eigenvalue weighted by molar-refractivity contribution is 7.99. The number of fused-ring (bicyclic) bond motifs is 1. The van der Waals surface area contributed by atoms with E-state index in [1.807, 2.05) is 16.0 Å². The lowest BCUT2D eigenvalue weighted by molar-refractivity contribution is -0.113. The highest BCUT2D eigenvalue weighted by atomic mass is 32.2. The number of carbonyl (C=O) groups excluding carboxylic acids is 3. The Morgan fingerprint density at radius 2 is 2.03 bits per heavy atom. The van der Waals surface area contributed by atoms with Crippen molar-refractivity contribution in [3.8, 4) is 0 Å². The maximum Gasteiger partial charge on any atom is 0.341 e. The van der Waals surface area contributed by atoms with Gasteiger partial charge >= 0.3 is 5.97 Å². The van der Waals surface area contributed by atoms with Crippen LogP contribution in [0, 0.1) is 0 Å². The number of hydrogen-bond acceptors (Lipinski definition) is 9. The summed E-state index contributed by atoms with van der Waals surface area (Å²) >= 11 is 4.15. The van der Waals surface area contributed by atoms with Crippen molar-refractivity contribution in [2.45, 2.75) is 70.6 Å². The van der Waals surface area contributed by atoms with Crippen molar-refractivity contribution in [2.75, 3.05) is 17.7 Å². The number of nitrogens with one attached hydrogen (secondary N) is 2. The normalized spacial score (nSPS) is 12.7. The molecule has 0 saturated carbocycles. The molecule has 0 bridgehead atoms. The monoisotopic (exact) mass is 561 g/mol. The number of unbranched alkanes of at least 4 members (excludes halogenated alkanes) is 1. The summed E-state index contributed by atoms with van der Waals surface area (Å²) in [4.78, 5) is 39.7. The van der Waals surface area contributed by atoms with Crippen LogP contribution in [-0.4, -0.2) is 44.9 Å². The Balaban J connectivity index is 1.42. The lowest BCUT2D eigenvalue weighted by Gasteiger charge is -2.12. The highest BCUT2D eigenvalue weighted by Gasteiger charge is 2.27. The van der Waals surface area contributed by atoms with Gasteiger partial charge in [0.05, 0.1) is 29.3 Å². The van der Waals surface area contributed by atoms with Crippen LogP contribution in [0.3, 0.4) is 0 Å². The van der Waals surface area contributed by atoms with Gasteiger partial charge in [0.2, 0.25) is 5.91 Å². The molecule has 0 aromatic carbocycles. The number of carbonyl (C=O) groups is 3. The van der Waals surface area contributed by atoms with Crippen LogP contribution >= 0.6 is 34.4 Å². The van der Waals surface area contributed by atoms with Crippen LogP contribution in [0.25, 0.3) is 0 Å². The van der Waals surface area contributed by atoms with Gasteiger partial charge in [0, 0.05) is 11.4 Å². The fourth-order valence-corrected chi connectivity index (χ4v) is 6.83. The number of thioether (sulfide) groups is 1. The van der Waals surface area contributed by atoms with E-state index in [0.29, 0.717) is 33.0 Å². The van der Waals surface area contributed by atoms with Crippen molar-refractivity contribution in [1.82, 2.24) is 20.1 Å². The first-order valence-corrected chi connectivity index (χ1v) is 15.2. The van der Waals surface area contributed by atoms with Gasteiger partial charge in [-0.05, 0) is 56.0 Å². The second kappa shape index (κ2) is 13.2. The van der Waals surface area contributed by atoms with Gasteiger partial charge < -0.3 is 19.9 Å². The molecule has 0 unspecified atom stereocenters. The van der Waals surface area contributed by atoms with E-state index in [0.717, 1.165) is 49.0 Å². The van der Waals surface area contributed by atoms with E-state index >= 15 is 0 Å². The largest absolute Gasteiger partial charge is 0.462 e. The minimum absolute atomic E-state index is 0.122. The highest BCUT2D eigenvalue weighted by Crippen LogP contribution is 2.38. The molecular formula is C25H31N5O4S3. The standard InChI is InChI=1S/C25H31N5O4S3/c1-3-5-12-30-19(14-26-22(32)18-11-8-13-35-18)28-29-25(30)36-15-20(31)27-23-21(24(33)34-4-2)16-9-6-7-10-17(16)37-23/h8,11,13H,3-7,9-10,12,14-15H2,1-2H3,(H,26,32)(H,27,31). The SMILES string of the molecule is CCCCn1c(CNC(=O)c2cccs2)nnc1SCC(=O)Nc1sc2c(c1C(=O)OCC)CCCC2. The molecule has 3 aromatic heterocycles. The minimum atomic E-state index is -0.376. The summed E-state index contributed by atoms with van der Waals surface area (Å²) in [5.74, 6) is 0.0306. The van der Waals surface area contributed by atoms with Crippen molar-refractivity contribution < 1.29 is 19.1 Å². The summed E-state index contributed by atoms with van der Waals surface area (Å²) in [7, 11) is 0. The molecule has 3 aromatic rings. The van der Waals surface area contributed by atoms with Gasteiger partial charge in [0.25, 0.3) is 5.91 Å². The molecule has 0 atom stereocenters. The third-order valence-corrected chi connectivity index (χ3v) is 8.96. The second-order valence-electron chi connectivity index (χ2n) is 8.54.